The van der Waals surface area contributed by atoms with E-state index in [1.807, 2.05) is 41.5 Å². The first-order valence-corrected chi connectivity index (χ1v) is 7.09. The minimum absolute atomic E-state index is 0.141. The van der Waals surface area contributed by atoms with Crippen molar-refractivity contribution in [3.63, 3.8) is 0 Å². The van der Waals surface area contributed by atoms with Gasteiger partial charge in [0, 0.05) is 4.75 Å². The van der Waals surface area contributed by atoms with E-state index in [-0.39, 0.29) is 12.4 Å². The molecular formula is C13H23NO4S. The van der Waals surface area contributed by atoms with Crippen molar-refractivity contribution in [2.75, 3.05) is 0 Å². The summed E-state index contributed by atoms with van der Waals surface area (Å²) in [4.78, 5) is 22.5. The second-order valence-electron chi connectivity index (χ2n) is 6.62. The second-order valence-corrected chi connectivity index (χ2v) is 8.77. The maximum Gasteiger partial charge on any atom is 0.322 e. The summed E-state index contributed by atoms with van der Waals surface area (Å²) < 4.78 is 4.82. The van der Waals surface area contributed by atoms with E-state index in [1.165, 1.54) is 11.8 Å². The molecule has 1 aliphatic rings. The van der Waals surface area contributed by atoms with E-state index in [9.17, 15) is 14.7 Å². The van der Waals surface area contributed by atoms with Crippen LogP contribution < -0.4 is 5.32 Å². The number of carboxylic acids is 1. The molecule has 2 N–H and O–H groups in total. The highest BCUT2D eigenvalue weighted by atomic mass is 32.2. The highest BCUT2D eigenvalue weighted by Gasteiger charge is 2.51. The van der Waals surface area contributed by atoms with Crippen LogP contribution in [0.3, 0.4) is 0 Å². The number of ether oxygens (including phenoxy) is 1. The zero-order chi connectivity index (χ0) is 15.1. The number of rotatable bonds is 3. The molecule has 1 rings (SSSR count). The Hall–Kier alpha value is -0.750. The van der Waals surface area contributed by atoms with Crippen molar-refractivity contribution in [2.45, 2.75) is 69.2 Å². The summed E-state index contributed by atoms with van der Waals surface area (Å²) in [5, 5.41) is 12.2. The lowest BCUT2D eigenvalue weighted by Gasteiger charge is -2.27. The summed E-state index contributed by atoms with van der Waals surface area (Å²) in [6.45, 7) is 11.0. The molecule has 1 saturated heterocycles. The van der Waals surface area contributed by atoms with Gasteiger partial charge in [0.15, 0.2) is 0 Å². The van der Waals surface area contributed by atoms with Crippen LogP contribution in [0.4, 0.5) is 0 Å². The molecule has 19 heavy (non-hydrogen) atoms. The van der Waals surface area contributed by atoms with E-state index >= 15 is 0 Å². The summed E-state index contributed by atoms with van der Waals surface area (Å²) in [5.41, 5.74) is -0.529. The van der Waals surface area contributed by atoms with Crippen LogP contribution in [0.25, 0.3) is 0 Å². The fraction of sp³-hybridized carbons (Fsp3) is 0.846. The molecule has 0 radical (unpaired) electrons. The van der Waals surface area contributed by atoms with Gasteiger partial charge in [0.05, 0.1) is 11.3 Å². The number of thioether (sulfide) groups is 1. The number of carbonyl (C=O) groups excluding carboxylic acids is 1. The topological polar surface area (TPSA) is 75.6 Å². The molecule has 0 aromatic heterocycles. The first kappa shape index (κ1) is 16.3. The Labute approximate surface area is 118 Å². The average Bonchev–Trinajstić information content (AvgIpc) is 2.31. The van der Waals surface area contributed by atoms with E-state index < -0.39 is 27.2 Å². The van der Waals surface area contributed by atoms with Gasteiger partial charge in [-0.1, -0.05) is 0 Å². The quantitative estimate of drug-likeness (QED) is 0.774. The maximum absolute atomic E-state index is 11.9. The van der Waals surface area contributed by atoms with Gasteiger partial charge in [0.1, 0.15) is 11.6 Å². The van der Waals surface area contributed by atoms with Crippen molar-refractivity contribution in [2.24, 2.45) is 0 Å². The fourth-order valence-corrected chi connectivity index (χ4v) is 4.05. The van der Waals surface area contributed by atoms with E-state index in [4.69, 9.17) is 4.74 Å². The Morgan fingerprint density at radius 1 is 1.32 bits per heavy atom. The summed E-state index contributed by atoms with van der Waals surface area (Å²) in [6, 6.07) is -0.676. The van der Waals surface area contributed by atoms with Gasteiger partial charge in [0.25, 0.3) is 0 Å². The molecule has 2 atom stereocenters. The highest BCUT2D eigenvalue weighted by Crippen LogP contribution is 2.46. The zero-order valence-corrected chi connectivity index (χ0v) is 13.2. The molecule has 0 aliphatic carbocycles. The fourth-order valence-electron chi connectivity index (χ4n) is 2.25. The van der Waals surface area contributed by atoms with Gasteiger partial charge in [-0.2, -0.15) is 0 Å². The monoisotopic (exact) mass is 289 g/mol. The van der Waals surface area contributed by atoms with E-state index in [2.05, 4.69) is 5.32 Å². The molecule has 0 spiro atoms. The second kappa shape index (κ2) is 4.98. The van der Waals surface area contributed by atoms with Crippen LogP contribution in [0.1, 0.15) is 48.0 Å². The molecule has 5 nitrogen and oxygen atoms in total. The van der Waals surface area contributed by atoms with Gasteiger partial charge in [-0.15, -0.1) is 11.8 Å². The lowest BCUT2D eigenvalue weighted by atomic mass is 10.0. The normalized spacial score (nSPS) is 30.1. The predicted octanol–water partition coefficient (Wildman–Crippen LogP) is 2.00. The lowest BCUT2D eigenvalue weighted by molar-refractivity contribution is -0.156. The van der Waals surface area contributed by atoms with Crippen LogP contribution >= 0.6 is 11.8 Å². The van der Waals surface area contributed by atoms with Crippen molar-refractivity contribution in [3.8, 4) is 0 Å². The first-order chi connectivity index (χ1) is 8.35. The standard InChI is InChI=1S/C13H23NO4S/c1-11(2,3)18-8(15)7-13(6)14-9(10(16)17)12(4,5)19-13/h9,14H,7H2,1-6H3,(H,16,17)/t9-,13-/m1/s1. The number of hydrogen-bond donors (Lipinski definition) is 2. The van der Waals surface area contributed by atoms with Crippen molar-refractivity contribution < 1.29 is 19.4 Å². The molecule has 0 amide bonds. The summed E-state index contributed by atoms with van der Waals surface area (Å²) in [5.74, 6) is -1.22. The predicted molar refractivity (Wildman–Crippen MR) is 75.1 cm³/mol. The maximum atomic E-state index is 11.9. The molecule has 0 unspecified atom stereocenters. The third-order valence-electron chi connectivity index (χ3n) is 2.78. The summed E-state index contributed by atoms with van der Waals surface area (Å²) >= 11 is 1.47. The van der Waals surface area contributed by atoms with Crippen LogP contribution in [0.2, 0.25) is 0 Å². The van der Waals surface area contributed by atoms with Crippen LogP contribution in [0.5, 0.6) is 0 Å². The molecule has 0 saturated carbocycles. The average molecular weight is 289 g/mol. The summed E-state index contributed by atoms with van der Waals surface area (Å²) in [7, 11) is 0. The SMILES string of the molecule is CC(C)(C)OC(=O)C[C@]1(C)N[C@H](C(=O)O)C(C)(C)S1. The van der Waals surface area contributed by atoms with E-state index in [0.29, 0.717) is 0 Å². The molecule has 0 aromatic carbocycles. The zero-order valence-electron chi connectivity index (χ0n) is 12.4. The molecular weight excluding hydrogens is 266 g/mol. The van der Waals surface area contributed by atoms with Gasteiger partial charge in [-0.3, -0.25) is 14.9 Å². The van der Waals surface area contributed by atoms with Crippen molar-refractivity contribution in [1.82, 2.24) is 5.32 Å². The Bertz CT molecular complexity index is 389. The van der Waals surface area contributed by atoms with Crippen LogP contribution in [0.15, 0.2) is 0 Å². The van der Waals surface area contributed by atoms with Gasteiger partial charge < -0.3 is 9.84 Å². The van der Waals surface area contributed by atoms with Gasteiger partial charge in [-0.25, -0.2) is 0 Å². The number of esters is 1. The number of hydrogen-bond acceptors (Lipinski definition) is 5. The third-order valence-corrected chi connectivity index (χ3v) is 4.26. The van der Waals surface area contributed by atoms with E-state index in [1.54, 1.807) is 0 Å². The molecule has 1 fully saturated rings. The van der Waals surface area contributed by atoms with Gasteiger partial charge >= 0.3 is 11.9 Å². The summed E-state index contributed by atoms with van der Waals surface area (Å²) in [6.07, 6.45) is 0.141. The molecule has 0 bridgehead atoms. The Kier molecular flexibility index (Phi) is 4.27. The molecule has 1 aliphatic heterocycles. The lowest BCUT2D eigenvalue weighted by Crippen LogP contribution is -2.48. The molecule has 110 valence electrons. The van der Waals surface area contributed by atoms with E-state index in [0.717, 1.165) is 0 Å². The number of aliphatic carboxylic acids is 1. The Morgan fingerprint density at radius 3 is 2.21 bits per heavy atom. The number of carboxylic acid groups (broad SMARTS) is 1. The van der Waals surface area contributed by atoms with Crippen molar-refractivity contribution in [1.29, 1.82) is 0 Å². The first-order valence-electron chi connectivity index (χ1n) is 6.27. The highest BCUT2D eigenvalue weighted by molar-refractivity contribution is 8.02. The Morgan fingerprint density at radius 2 is 1.84 bits per heavy atom. The van der Waals surface area contributed by atoms with Gasteiger partial charge in [-0.05, 0) is 41.5 Å². The smallest absolute Gasteiger partial charge is 0.322 e. The minimum atomic E-state index is -0.898. The number of carbonyl (C=O) groups is 2. The van der Waals surface area contributed by atoms with Crippen LogP contribution in [0, 0.1) is 0 Å². The van der Waals surface area contributed by atoms with Gasteiger partial charge in [0.2, 0.25) is 0 Å². The molecule has 0 aromatic rings. The van der Waals surface area contributed by atoms with Crippen LogP contribution in [-0.2, 0) is 14.3 Å². The van der Waals surface area contributed by atoms with Crippen molar-refractivity contribution >= 4 is 23.7 Å². The van der Waals surface area contributed by atoms with Crippen LogP contribution in [-0.4, -0.2) is 38.3 Å². The third kappa shape index (κ3) is 4.38. The Balaban J connectivity index is 2.74. The minimum Gasteiger partial charge on any atom is -0.480 e. The largest absolute Gasteiger partial charge is 0.480 e. The number of nitrogens with one attached hydrogen (secondary N) is 1. The molecule has 6 heteroatoms. The molecule has 1 heterocycles. The van der Waals surface area contributed by atoms with Crippen molar-refractivity contribution in [3.05, 3.63) is 0 Å².